The lowest BCUT2D eigenvalue weighted by Crippen LogP contribution is -2.08. The van der Waals surface area contributed by atoms with Crippen molar-refractivity contribution in [2.75, 3.05) is 0 Å². The van der Waals surface area contributed by atoms with Crippen molar-refractivity contribution in [3.05, 3.63) is 33.4 Å². The molecule has 1 aromatic rings. The molecule has 0 saturated carbocycles. The van der Waals surface area contributed by atoms with Crippen molar-refractivity contribution in [3.63, 3.8) is 0 Å². The lowest BCUT2D eigenvalue weighted by atomic mass is 10.2. The van der Waals surface area contributed by atoms with Gasteiger partial charge in [-0.1, -0.05) is 0 Å². The van der Waals surface area contributed by atoms with Gasteiger partial charge in [-0.15, -0.1) is 0 Å². The monoisotopic (exact) mass is 269 g/mol. The standard InChI is InChI=1S/C7H4F2IO/c8-7(9,11)5-1-3-6(10)4-2-5/h1-4H. The van der Waals surface area contributed by atoms with E-state index in [2.05, 4.69) is 0 Å². The molecule has 59 valence electrons. The first kappa shape index (κ1) is 8.86. The zero-order valence-corrected chi connectivity index (χ0v) is 7.51. The third-order valence-electron chi connectivity index (χ3n) is 1.18. The Morgan fingerprint density at radius 1 is 1.18 bits per heavy atom. The minimum atomic E-state index is -3.97. The van der Waals surface area contributed by atoms with Gasteiger partial charge in [-0.05, 0) is 46.9 Å². The Hall–Kier alpha value is -0.230. The van der Waals surface area contributed by atoms with Crippen molar-refractivity contribution in [2.45, 2.75) is 6.11 Å². The highest BCUT2D eigenvalue weighted by molar-refractivity contribution is 14.1. The summed E-state index contributed by atoms with van der Waals surface area (Å²) in [6, 6.07) is 5.22. The second-order valence-electron chi connectivity index (χ2n) is 2.02. The van der Waals surface area contributed by atoms with E-state index in [1.807, 2.05) is 22.6 Å². The van der Waals surface area contributed by atoms with E-state index in [0.29, 0.717) is 0 Å². The van der Waals surface area contributed by atoms with Gasteiger partial charge in [-0.3, -0.25) is 0 Å². The van der Waals surface area contributed by atoms with Crippen LogP contribution in [0, 0.1) is 3.57 Å². The van der Waals surface area contributed by atoms with E-state index in [-0.39, 0.29) is 0 Å². The lowest BCUT2D eigenvalue weighted by Gasteiger charge is -2.05. The summed E-state index contributed by atoms with van der Waals surface area (Å²) in [5.41, 5.74) is -0.488. The molecule has 0 bridgehead atoms. The third kappa shape index (κ3) is 2.37. The molecule has 0 spiro atoms. The second kappa shape index (κ2) is 3.02. The molecule has 0 fully saturated rings. The molecule has 1 radical (unpaired) electrons. The van der Waals surface area contributed by atoms with Crippen LogP contribution in [0.25, 0.3) is 0 Å². The van der Waals surface area contributed by atoms with Crippen molar-refractivity contribution in [2.24, 2.45) is 0 Å². The van der Waals surface area contributed by atoms with Crippen LogP contribution in [0.4, 0.5) is 8.78 Å². The molecule has 0 N–H and O–H groups in total. The van der Waals surface area contributed by atoms with Crippen LogP contribution in [0.1, 0.15) is 5.56 Å². The number of rotatable bonds is 1. The van der Waals surface area contributed by atoms with E-state index in [9.17, 15) is 13.9 Å². The molecular formula is C7H4F2IO. The first-order chi connectivity index (χ1) is 5.00. The van der Waals surface area contributed by atoms with Crippen molar-refractivity contribution in [3.8, 4) is 0 Å². The Labute approximate surface area is 76.2 Å². The van der Waals surface area contributed by atoms with E-state index in [1.54, 1.807) is 0 Å². The molecular weight excluding hydrogens is 265 g/mol. The van der Waals surface area contributed by atoms with E-state index in [0.717, 1.165) is 15.7 Å². The minimum Gasteiger partial charge on any atom is -0.168 e. The van der Waals surface area contributed by atoms with Gasteiger partial charge >= 0.3 is 6.11 Å². The van der Waals surface area contributed by atoms with Gasteiger partial charge in [-0.2, -0.15) is 13.9 Å². The molecule has 1 aromatic carbocycles. The first-order valence-corrected chi connectivity index (χ1v) is 3.92. The van der Waals surface area contributed by atoms with E-state index < -0.39 is 11.7 Å². The zero-order chi connectivity index (χ0) is 8.48. The molecule has 0 atom stereocenters. The van der Waals surface area contributed by atoms with Crippen LogP contribution in [0.3, 0.4) is 0 Å². The Morgan fingerprint density at radius 2 is 1.64 bits per heavy atom. The molecule has 1 nitrogen and oxygen atoms in total. The maximum absolute atomic E-state index is 12.0. The van der Waals surface area contributed by atoms with Crippen LogP contribution in [0.2, 0.25) is 0 Å². The summed E-state index contributed by atoms with van der Waals surface area (Å²) in [6.07, 6.45) is -3.97. The Kier molecular flexibility index (Phi) is 2.43. The highest BCUT2D eigenvalue weighted by Gasteiger charge is 2.29. The fourth-order valence-corrected chi connectivity index (χ4v) is 1.00. The molecule has 0 amide bonds. The number of halogens is 3. The molecule has 0 aromatic heterocycles. The van der Waals surface area contributed by atoms with Gasteiger partial charge in [-0.25, -0.2) is 0 Å². The molecule has 4 heteroatoms. The summed E-state index contributed by atoms with van der Waals surface area (Å²) in [6.45, 7) is 0. The number of alkyl halides is 2. The number of hydrogen-bond donors (Lipinski definition) is 0. The second-order valence-corrected chi connectivity index (χ2v) is 3.27. The molecule has 0 aliphatic heterocycles. The third-order valence-corrected chi connectivity index (χ3v) is 1.90. The average molecular weight is 269 g/mol. The largest absolute Gasteiger partial charge is 0.408 e. The summed E-state index contributed by atoms with van der Waals surface area (Å²) >= 11 is 1.98. The van der Waals surface area contributed by atoms with Gasteiger partial charge in [0.1, 0.15) is 0 Å². The van der Waals surface area contributed by atoms with Crippen molar-refractivity contribution in [1.82, 2.24) is 0 Å². The normalized spacial score (nSPS) is 11.6. The highest BCUT2D eigenvalue weighted by atomic mass is 127. The first-order valence-electron chi connectivity index (χ1n) is 2.84. The van der Waals surface area contributed by atoms with Crippen LogP contribution in [-0.2, 0) is 11.2 Å². The Morgan fingerprint density at radius 3 is 2.00 bits per heavy atom. The number of hydrogen-bond acceptors (Lipinski definition) is 0. The summed E-state index contributed by atoms with van der Waals surface area (Å²) in [5, 5.41) is 10.1. The average Bonchev–Trinajstić information content (AvgIpc) is 1.86. The van der Waals surface area contributed by atoms with Crippen molar-refractivity contribution < 1.29 is 13.9 Å². The molecule has 0 aliphatic carbocycles. The predicted molar refractivity (Wildman–Crippen MR) is 43.7 cm³/mol. The maximum Gasteiger partial charge on any atom is 0.408 e. The fraction of sp³-hybridized carbons (Fsp3) is 0.143. The van der Waals surface area contributed by atoms with Gasteiger partial charge < -0.3 is 0 Å². The van der Waals surface area contributed by atoms with E-state index >= 15 is 0 Å². The van der Waals surface area contributed by atoms with E-state index in [1.165, 1.54) is 12.1 Å². The number of benzene rings is 1. The zero-order valence-electron chi connectivity index (χ0n) is 5.35. The van der Waals surface area contributed by atoms with Gasteiger partial charge in [0.2, 0.25) is 0 Å². The minimum absolute atomic E-state index is 0.488. The maximum atomic E-state index is 12.0. The smallest absolute Gasteiger partial charge is 0.168 e. The van der Waals surface area contributed by atoms with Gasteiger partial charge in [0.15, 0.2) is 0 Å². The lowest BCUT2D eigenvalue weighted by molar-refractivity contribution is -0.252. The fourth-order valence-electron chi connectivity index (χ4n) is 0.644. The van der Waals surface area contributed by atoms with Gasteiger partial charge in [0, 0.05) is 3.57 Å². The van der Waals surface area contributed by atoms with Crippen molar-refractivity contribution in [1.29, 1.82) is 0 Å². The van der Waals surface area contributed by atoms with Crippen LogP contribution >= 0.6 is 22.6 Å². The van der Waals surface area contributed by atoms with Crippen molar-refractivity contribution >= 4 is 22.6 Å². The quantitative estimate of drug-likeness (QED) is 0.698. The van der Waals surface area contributed by atoms with Crippen LogP contribution < -0.4 is 0 Å². The summed E-state index contributed by atoms with van der Waals surface area (Å²) in [4.78, 5) is 0. The molecule has 0 heterocycles. The molecule has 0 unspecified atom stereocenters. The summed E-state index contributed by atoms with van der Waals surface area (Å²) in [7, 11) is 0. The van der Waals surface area contributed by atoms with E-state index in [4.69, 9.17) is 0 Å². The summed E-state index contributed by atoms with van der Waals surface area (Å²) < 4.78 is 24.9. The molecule has 0 aliphatic rings. The van der Waals surface area contributed by atoms with Crippen LogP contribution in [0.15, 0.2) is 24.3 Å². The van der Waals surface area contributed by atoms with Gasteiger partial charge in [0.25, 0.3) is 0 Å². The van der Waals surface area contributed by atoms with Gasteiger partial charge in [0.05, 0.1) is 5.56 Å². The van der Waals surface area contributed by atoms with Crippen LogP contribution in [-0.4, -0.2) is 0 Å². The van der Waals surface area contributed by atoms with Crippen LogP contribution in [0.5, 0.6) is 0 Å². The highest BCUT2D eigenvalue weighted by Crippen LogP contribution is 2.25. The predicted octanol–water partition coefficient (Wildman–Crippen LogP) is 2.77. The Bertz CT molecular complexity index is 240. The topological polar surface area (TPSA) is 19.9 Å². The Balaban J connectivity index is 2.99. The SMILES string of the molecule is [O]C(F)(F)c1ccc(I)cc1. The summed E-state index contributed by atoms with van der Waals surface area (Å²) in [5.74, 6) is 0. The molecule has 11 heavy (non-hydrogen) atoms. The molecule has 1 rings (SSSR count). The molecule has 0 saturated heterocycles.